The van der Waals surface area contributed by atoms with Gasteiger partial charge in [0.25, 0.3) is 15.7 Å². The summed E-state index contributed by atoms with van der Waals surface area (Å²) in [6.07, 6.45) is 0. The van der Waals surface area contributed by atoms with Gasteiger partial charge in [0.1, 0.15) is 10.5 Å². The minimum atomic E-state index is -4.35. The molecule has 10 heteroatoms. The highest BCUT2D eigenvalue weighted by Gasteiger charge is 2.36. The zero-order valence-corrected chi connectivity index (χ0v) is 20.1. The largest absolute Gasteiger partial charge is 0.462 e. The van der Waals surface area contributed by atoms with Crippen molar-refractivity contribution >= 4 is 44.1 Å². The van der Waals surface area contributed by atoms with Crippen molar-refractivity contribution in [3.8, 4) is 11.1 Å². The van der Waals surface area contributed by atoms with Gasteiger partial charge < -0.3 is 15.0 Å². The minimum Gasteiger partial charge on any atom is -0.462 e. The number of carbonyl (C=O) groups is 2. The van der Waals surface area contributed by atoms with E-state index in [1.807, 2.05) is 6.07 Å². The van der Waals surface area contributed by atoms with Crippen LogP contribution >= 0.6 is 0 Å². The first-order valence-electron chi connectivity index (χ1n) is 11.0. The number of aromatic amines is 1. The van der Waals surface area contributed by atoms with Crippen LogP contribution in [0.15, 0.2) is 70.4 Å². The molecule has 1 heterocycles. The lowest BCUT2D eigenvalue weighted by molar-refractivity contribution is 0.0525. The summed E-state index contributed by atoms with van der Waals surface area (Å²) in [5, 5.41) is 3.22. The summed E-state index contributed by atoms with van der Waals surface area (Å²) < 4.78 is 35.8. The molecule has 3 aromatic carbocycles. The molecular formula is C26H20N2O7S. The van der Waals surface area contributed by atoms with Gasteiger partial charge in [0, 0.05) is 22.2 Å². The maximum Gasteiger partial charge on any atom is 0.344 e. The van der Waals surface area contributed by atoms with Gasteiger partial charge in [-0.3, -0.25) is 13.8 Å². The van der Waals surface area contributed by atoms with E-state index in [1.54, 1.807) is 55.5 Å². The van der Waals surface area contributed by atoms with Crippen LogP contribution in [0, 0.1) is 0 Å². The molecule has 1 aliphatic rings. The fourth-order valence-corrected chi connectivity index (χ4v) is 5.29. The molecule has 1 aromatic heterocycles. The number of nitrogens with one attached hydrogen (secondary N) is 2. The highest BCUT2D eigenvalue weighted by Crippen LogP contribution is 2.45. The Morgan fingerprint density at radius 1 is 0.972 bits per heavy atom. The molecule has 2 N–H and O–H groups in total. The molecule has 36 heavy (non-hydrogen) atoms. The predicted molar refractivity (Wildman–Crippen MR) is 133 cm³/mol. The number of H-pyrrole nitrogens is 1. The van der Waals surface area contributed by atoms with Crippen molar-refractivity contribution in [1.82, 2.24) is 4.98 Å². The van der Waals surface area contributed by atoms with Crippen LogP contribution in [0.1, 0.15) is 33.2 Å². The highest BCUT2D eigenvalue weighted by molar-refractivity contribution is 7.87. The molecule has 4 aromatic rings. The zero-order valence-electron chi connectivity index (χ0n) is 19.2. The number of pyridine rings is 1. The summed E-state index contributed by atoms with van der Waals surface area (Å²) in [7, 11) is -3.35. The average molecular weight is 505 g/mol. The molecule has 0 fully saturated rings. The van der Waals surface area contributed by atoms with Gasteiger partial charge in [0.2, 0.25) is 0 Å². The second kappa shape index (κ2) is 8.74. The Balaban J connectivity index is 2.01. The van der Waals surface area contributed by atoms with Gasteiger partial charge in [-0.25, -0.2) is 4.79 Å². The number of anilines is 2. The quantitative estimate of drug-likeness (QED) is 0.262. The molecule has 0 unspecified atom stereocenters. The summed E-state index contributed by atoms with van der Waals surface area (Å²) in [5.74, 6) is -1.28. The molecule has 5 rings (SSSR count). The Morgan fingerprint density at radius 2 is 1.64 bits per heavy atom. The van der Waals surface area contributed by atoms with Gasteiger partial charge in [-0.2, -0.15) is 8.42 Å². The number of hydrogen-bond acceptors (Lipinski definition) is 8. The molecule has 0 aliphatic heterocycles. The summed E-state index contributed by atoms with van der Waals surface area (Å²) in [4.78, 5) is 42.1. The van der Waals surface area contributed by atoms with E-state index in [1.165, 1.54) is 6.07 Å². The van der Waals surface area contributed by atoms with Gasteiger partial charge in [0.05, 0.1) is 30.5 Å². The summed E-state index contributed by atoms with van der Waals surface area (Å²) in [5.41, 5.74) is 0.296. The number of ketones is 1. The van der Waals surface area contributed by atoms with Crippen LogP contribution in [0.5, 0.6) is 0 Å². The van der Waals surface area contributed by atoms with Crippen molar-refractivity contribution in [1.29, 1.82) is 0 Å². The lowest BCUT2D eigenvalue weighted by Crippen LogP contribution is -2.26. The van der Waals surface area contributed by atoms with Gasteiger partial charge in [-0.05, 0) is 30.7 Å². The van der Waals surface area contributed by atoms with Crippen LogP contribution in [0.25, 0.3) is 22.0 Å². The molecule has 0 amide bonds. The zero-order chi connectivity index (χ0) is 25.6. The van der Waals surface area contributed by atoms with E-state index >= 15 is 0 Å². The van der Waals surface area contributed by atoms with Crippen LogP contribution in [0.3, 0.4) is 0 Å². The molecule has 0 spiro atoms. The number of rotatable bonds is 6. The third-order valence-electron chi connectivity index (χ3n) is 5.95. The molecule has 1 aliphatic carbocycles. The molecular weight excluding hydrogens is 484 g/mol. The van der Waals surface area contributed by atoms with Gasteiger partial charge in [-0.15, -0.1) is 0 Å². The second-order valence-corrected chi connectivity index (χ2v) is 9.64. The first kappa shape index (κ1) is 23.5. The summed E-state index contributed by atoms with van der Waals surface area (Å²) in [6.45, 7) is 1.62. The molecule has 0 saturated heterocycles. The Hall–Kier alpha value is -4.28. The highest BCUT2D eigenvalue weighted by atomic mass is 32.2. The van der Waals surface area contributed by atoms with Gasteiger partial charge >= 0.3 is 5.97 Å². The van der Waals surface area contributed by atoms with E-state index in [0.29, 0.717) is 11.3 Å². The third-order valence-corrected chi connectivity index (χ3v) is 7.25. The number of para-hydroxylation sites is 1. The summed E-state index contributed by atoms with van der Waals surface area (Å²) >= 11 is 0. The molecule has 9 nitrogen and oxygen atoms in total. The monoisotopic (exact) mass is 504 g/mol. The number of benzene rings is 3. The van der Waals surface area contributed by atoms with Gasteiger partial charge in [0.15, 0.2) is 5.78 Å². The lowest BCUT2D eigenvalue weighted by Gasteiger charge is -2.25. The molecule has 0 atom stereocenters. The van der Waals surface area contributed by atoms with Crippen LogP contribution in [-0.4, -0.2) is 38.9 Å². The molecule has 0 radical (unpaired) electrons. The standard InChI is InChI=1S/C26H20N2O7S/c1-3-35-26(31)22-19-15-11-7-8-12-16(15)24(29)20-17(27-14-9-5-4-6-10-14)13-18(36(32,33)34-2)23(21(19)20)28-25(22)30/h4-13,27H,3H2,1-2H3,(H,28,30). The fraction of sp³-hybridized carbons (Fsp3) is 0.115. The Morgan fingerprint density at radius 3 is 2.31 bits per heavy atom. The maximum absolute atomic E-state index is 13.8. The van der Waals surface area contributed by atoms with E-state index in [-0.39, 0.29) is 50.3 Å². The topological polar surface area (TPSA) is 132 Å². The number of aromatic nitrogens is 1. The predicted octanol–water partition coefficient (Wildman–Crippen LogP) is 3.99. The van der Waals surface area contributed by atoms with Crippen molar-refractivity contribution in [3.05, 3.63) is 87.7 Å². The molecule has 0 saturated carbocycles. The number of esters is 1. The third kappa shape index (κ3) is 3.58. The number of ether oxygens (including phenoxy) is 1. The Kier molecular flexibility index (Phi) is 5.70. The Bertz CT molecular complexity index is 1730. The van der Waals surface area contributed by atoms with E-state index < -0.39 is 27.4 Å². The normalized spacial score (nSPS) is 12.3. The van der Waals surface area contributed by atoms with E-state index in [4.69, 9.17) is 8.92 Å². The fourth-order valence-electron chi connectivity index (χ4n) is 4.45. The molecule has 0 bridgehead atoms. The smallest absolute Gasteiger partial charge is 0.344 e. The first-order chi connectivity index (χ1) is 17.3. The number of carbonyl (C=O) groups excluding carboxylic acids is 2. The van der Waals surface area contributed by atoms with Crippen LogP contribution < -0.4 is 10.9 Å². The van der Waals surface area contributed by atoms with Crippen LogP contribution in [-0.2, 0) is 19.0 Å². The Labute approximate surface area is 205 Å². The van der Waals surface area contributed by atoms with Crippen LogP contribution in [0.2, 0.25) is 0 Å². The van der Waals surface area contributed by atoms with Crippen molar-refractivity contribution < 1.29 is 26.9 Å². The van der Waals surface area contributed by atoms with E-state index in [2.05, 4.69) is 10.3 Å². The van der Waals surface area contributed by atoms with Gasteiger partial charge in [-0.1, -0.05) is 42.5 Å². The lowest BCUT2D eigenvalue weighted by atomic mass is 9.81. The molecule has 182 valence electrons. The van der Waals surface area contributed by atoms with Crippen molar-refractivity contribution in [3.63, 3.8) is 0 Å². The second-order valence-electron chi connectivity index (χ2n) is 7.96. The number of hydrogen-bond donors (Lipinski definition) is 2. The SMILES string of the molecule is CCOC(=O)c1c2c3c(c(Nc4ccccc4)cc(S(=O)(=O)OC)c3[nH]c1=O)C(=O)c1ccccc1-2. The van der Waals surface area contributed by atoms with Crippen molar-refractivity contribution in [2.24, 2.45) is 0 Å². The van der Waals surface area contributed by atoms with Crippen LogP contribution in [0.4, 0.5) is 11.4 Å². The van der Waals surface area contributed by atoms with Crippen molar-refractivity contribution in [2.75, 3.05) is 19.0 Å². The van der Waals surface area contributed by atoms with Crippen molar-refractivity contribution in [2.45, 2.75) is 11.8 Å². The maximum atomic E-state index is 13.8. The average Bonchev–Trinajstić information content (AvgIpc) is 2.87. The minimum absolute atomic E-state index is 0.0160. The van der Waals surface area contributed by atoms with E-state index in [0.717, 1.165) is 7.11 Å². The summed E-state index contributed by atoms with van der Waals surface area (Å²) in [6, 6.07) is 16.7. The number of fused-ring (bicyclic) bond motifs is 2. The van der Waals surface area contributed by atoms with E-state index in [9.17, 15) is 22.8 Å². The first-order valence-corrected chi connectivity index (χ1v) is 12.4.